The molecular formula is C26H23ClN8O2S. The normalized spacial score (nSPS) is 14.6. The Kier molecular flexibility index (Phi) is 6.61. The molecule has 1 aromatic carbocycles. The summed E-state index contributed by atoms with van der Waals surface area (Å²) >= 11 is 7.67. The lowest BCUT2D eigenvalue weighted by Gasteiger charge is -2.38. The highest BCUT2D eigenvalue weighted by Crippen LogP contribution is 2.30. The van der Waals surface area contributed by atoms with Crippen molar-refractivity contribution in [2.45, 2.75) is 19.3 Å². The smallest absolute Gasteiger partial charge is 0.282 e. The number of hydrogen-bond acceptors (Lipinski definition) is 9. The average Bonchev–Trinajstić information content (AvgIpc) is 3.43. The first kappa shape index (κ1) is 24.3. The van der Waals surface area contributed by atoms with E-state index in [1.165, 1.54) is 17.5 Å². The number of nitrogens with one attached hydrogen (secondary N) is 3. The number of benzene rings is 1. The van der Waals surface area contributed by atoms with Crippen LogP contribution in [0, 0.1) is 5.92 Å². The first-order valence-corrected chi connectivity index (χ1v) is 13.4. The summed E-state index contributed by atoms with van der Waals surface area (Å²) in [4.78, 5) is 44.2. The number of pyridine rings is 1. The van der Waals surface area contributed by atoms with Crippen LogP contribution in [0.15, 0.2) is 54.4 Å². The maximum Gasteiger partial charge on any atom is 0.282 e. The molecule has 1 fully saturated rings. The zero-order chi connectivity index (χ0) is 26.1. The Bertz CT molecular complexity index is 1510. The van der Waals surface area contributed by atoms with Crippen LogP contribution in [0.3, 0.4) is 0 Å². The lowest BCUT2D eigenvalue weighted by molar-refractivity contribution is -0.118. The van der Waals surface area contributed by atoms with Gasteiger partial charge in [0.25, 0.3) is 5.91 Å². The molecule has 6 rings (SSSR count). The van der Waals surface area contributed by atoms with Gasteiger partial charge in [0.2, 0.25) is 11.9 Å². The van der Waals surface area contributed by atoms with Crippen LogP contribution in [-0.4, -0.2) is 49.7 Å². The van der Waals surface area contributed by atoms with E-state index < -0.39 is 0 Å². The number of thiazole rings is 1. The monoisotopic (exact) mass is 546 g/mol. The molecule has 3 N–H and O–H groups in total. The van der Waals surface area contributed by atoms with Gasteiger partial charge < -0.3 is 20.9 Å². The van der Waals surface area contributed by atoms with Gasteiger partial charge in [-0.25, -0.2) is 9.97 Å². The van der Waals surface area contributed by atoms with Crippen LogP contribution >= 0.6 is 22.9 Å². The second-order valence-corrected chi connectivity index (χ2v) is 10.6. The van der Waals surface area contributed by atoms with Crippen LogP contribution < -0.4 is 16.0 Å². The molecule has 0 aliphatic carbocycles. The summed E-state index contributed by atoms with van der Waals surface area (Å²) in [5, 5.41) is 12.2. The number of anilines is 5. The van der Waals surface area contributed by atoms with Crippen molar-refractivity contribution in [2.24, 2.45) is 5.92 Å². The van der Waals surface area contributed by atoms with E-state index in [0.717, 1.165) is 34.6 Å². The lowest BCUT2D eigenvalue weighted by atomic mass is 9.95. The molecular weight excluding hydrogens is 524 g/mol. The van der Waals surface area contributed by atoms with Crippen molar-refractivity contribution >= 4 is 63.6 Å². The number of amides is 2. The summed E-state index contributed by atoms with van der Waals surface area (Å²) in [5.74, 6) is 0.850. The Morgan fingerprint density at radius 2 is 1.97 bits per heavy atom. The van der Waals surface area contributed by atoms with E-state index >= 15 is 0 Å². The minimum absolute atomic E-state index is 0.0735. The lowest BCUT2D eigenvalue weighted by Crippen LogP contribution is -2.50. The highest BCUT2D eigenvalue weighted by atomic mass is 35.5. The zero-order valence-electron chi connectivity index (χ0n) is 20.1. The molecule has 0 saturated carbocycles. The second kappa shape index (κ2) is 10.3. The van der Waals surface area contributed by atoms with Gasteiger partial charge in [0.1, 0.15) is 5.02 Å². The van der Waals surface area contributed by atoms with Gasteiger partial charge >= 0.3 is 0 Å². The molecule has 2 aliphatic rings. The standard InChI is InChI=1S/C26H23ClN8O2S/c27-20-12-30-26-32-19-7-15(10-28-11-19)1-2-17-9-18(31-23(20)34-26)3-4-21(17)33-22(36)8-16-13-35(14-16)25(37)24-29-5-6-38-24/h3-7,9-12,16H,1-2,8,13-14H2,(H,33,36)(H2,30,31,32,34). The van der Waals surface area contributed by atoms with Gasteiger partial charge in [0, 0.05) is 54.6 Å². The molecule has 0 radical (unpaired) electrons. The van der Waals surface area contributed by atoms with E-state index in [1.807, 2.05) is 30.5 Å². The van der Waals surface area contributed by atoms with Crippen LogP contribution in [0.5, 0.6) is 0 Å². The van der Waals surface area contributed by atoms with Gasteiger partial charge in [-0.1, -0.05) is 11.6 Å². The number of likely N-dealkylation sites (tertiary alicyclic amines) is 1. The molecule has 6 bridgehead atoms. The van der Waals surface area contributed by atoms with Crippen molar-refractivity contribution in [3.8, 4) is 0 Å². The van der Waals surface area contributed by atoms with Crippen molar-refractivity contribution in [1.82, 2.24) is 24.8 Å². The zero-order valence-corrected chi connectivity index (χ0v) is 21.7. The number of fused-ring (bicyclic) bond motifs is 6. The average molecular weight is 547 g/mol. The van der Waals surface area contributed by atoms with Gasteiger partial charge in [-0.3, -0.25) is 14.6 Å². The fourth-order valence-corrected chi connectivity index (χ4v) is 5.29. The van der Waals surface area contributed by atoms with E-state index in [4.69, 9.17) is 11.6 Å². The van der Waals surface area contributed by atoms with Crippen LogP contribution in [0.1, 0.15) is 27.3 Å². The van der Waals surface area contributed by atoms with Crippen molar-refractivity contribution in [2.75, 3.05) is 29.0 Å². The maximum absolute atomic E-state index is 12.9. The van der Waals surface area contributed by atoms with Crippen molar-refractivity contribution < 1.29 is 9.59 Å². The Morgan fingerprint density at radius 1 is 1.08 bits per heavy atom. The van der Waals surface area contributed by atoms with E-state index in [-0.39, 0.29) is 17.7 Å². The Hall–Kier alpha value is -4.09. The minimum atomic E-state index is -0.0763. The number of rotatable bonds is 4. The molecule has 2 amide bonds. The topological polar surface area (TPSA) is 125 Å². The van der Waals surface area contributed by atoms with Gasteiger partial charge in [-0.05, 0) is 48.2 Å². The van der Waals surface area contributed by atoms with Crippen LogP contribution in [-0.2, 0) is 17.6 Å². The number of hydrogen-bond donors (Lipinski definition) is 3. The first-order chi connectivity index (χ1) is 18.5. The SMILES string of the molecule is O=C(CC1CN(C(=O)c2nccs2)C1)Nc1ccc2cc1CCc1cncc(c1)Nc1ncc(Cl)c(n1)N2. The maximum atomic E-state index is 12.9. The van der Waals surface area contributed by atoms with Crippen LogP contribution in [0.2, 0.25) is 5.02 Å². The second-order valence-electron chi connectivity index (χ2n) is 9.26. The summed E-state index contributed by atoms with van der Waals surface area (Å²) in [6.45, 7) is 1.11. The summed E-state index contributed by atoms with van der Waals surface area (Å²) in [7, 11) is 0. The fraction of sp³-hybridized carbons (Fsp3) is 0.231. The molecule has 2 aliphatic heterocycles. The molecule has 3 aromatic heterocycles. The molecule has 12 heteroatoms. The van der Waals surface area contributed by atoms with E-state index in [0.29, 0.717) is 47.7 Å². The summed E-state index contributed by atoms with van der Waals surface area (Å²) in [5.41, 5.74) is 4.34. The van der Waals surface area contributed by atoms with Crippen molar-refractivity contribution in [1.29, 1.82) is 0 Å². The summed E-state index contributed by atoms with van der Waals surface area (Å²) in [6, 6.07) is 7.77. The third-order valence-corrected chi connectivity index (χ3v) is 7.49. The van der Waals surface area contributed by atoms with Gasteiger partial charge in [0.05, 0.1) is 18.1 Å². The third kappa shape index (κ3) is 5.29. The molecule has 1 saturated heterocycles. The Balaban J connectivity index is 1.18. The van der Waals surface area contributed by atoms with Crippen molar-refractivity contribution in [3.05, 3.63) is 75.6 Å². The number of halogens is 1. The first-order valence-electron chi connectivity index (χ1n) is 12.1. The molecule has 0 spiro atoms. The predicted molar refractivity (Wildman–Crippen MR) is 146 cm³/mol. The highest BCUT2D eigenvalue weighted by molar-refractivity contribution is 7.11. The Morgan fingerprint density at radius 3 is 2.82 bits per heavy atom. The third-order valence-electron chi connectivity index (χ3n) is 6.45. The Labute approximate surface area is 227 Å². The fourth-order valence-electron chi connectivity index (χ4n) is 4.55. The minimum Gasteiger partial charge on any atom is -0.339 e. The quantitative estimate of drug-likeness (QED) is 0.337. The number of carbonyl (C=O) groups is 2. The number of nitrogens with zero attached hydrogens (tertiary/aromatic N) is 5. The molecule has 0 unspecified atom stereocenters. The van der Waals surface area contributed by atoms with Gasteiger partial charge in [-0.2, -0.15) is 4.98 Å². The molecule has 38 heavy (non-hydrogen) atoms. The summed E-state index contributed by atoms with van der Waals surface area (Å²) in [6.07, 6.45) is 8.46. The van der Waals surface area contributed by atoms with E-state index in [2.05, 4.69) is 35.9 Å². The van der Waals surface area contributed by atoms with Crippen LogP contribution in [0.4, 0.5) is 28.8 Å². The van der Waals surface area contributed by atoms with Gasteiger partial charge in [0.15, 0.2) is 10.8 Å². The van der Waals surface area contributed by atoms with E-state index in [9.17, 15) is 9.59 Å². The number of aryl methyl sites for hydroxylation is 2. The molecule has 5 heterocycles. The van der Waals surface area contributed by atoms with E-state index in [1.54, 1.807) is 22.7 Å². The number of carbonyl (C=O) groups excluding carboxylic acids is 2. The molecule has 10 nitrogen and oxygen atoms in total. The molecule has 4 aromatic rings. The largest absolute Gasteiger partial charge is 0.339 e. The molecule has 192 valence electrons. The molecule has 0 atom stereocenters. The number of aromatic nitrogens is 4. The van der Waals surface area contributed by atoms with Gasteiger partial charge in [-0.15, -0.1) is 11.3 Å². The summed E-state index contributed by atoms with van der Waals surface area (Å²) < 4.78 is 0. The van der Waals surface area contributed by atoms with Crippen LogP contribution in [0.25, 0.3) is 0 Å². The van der Waals surface area contributed by atoms with Crippen molar-refractivity contribution in [3.63, 3.8) is 0 Å². The predicted octanol–water partition coefficient (Wildman–Crippen LogP) is 4.67. The highest BCUT2D eigenvalue weighted by Gasteiger charge is 2.33.